The number of hydrogen-bond acceptors (Lipinski definition) is 3. The fraction of sp³-hybridized carbons (Fsp3) is 0.500. The van der Waals surface area contributed by atoms with E-state index in [1.807, 2.05) is 18.2 Å². The fourth-order valence-electron chi connectivity index (χ4n) is 2.21. The molecule has 88 valence electrons. The van der Waals surface area contributed by atoms with E-state index in [4.69, 9.17) is 21.8 Å². The maximum absolute atomic E-state index is 9.03. The number of fused-ring (bicyclic) bond motifs is 1. The quantitative estimate of drug-likeness (QED) is 0.744. The molecule has 0 aliphatic heterocycles. The van der Waals surface area contributed by atoms with Crippen LogP contribution in [0.2, 0.25) is 5.02 Å². The molecule has 1 atom stereocenters. The molecular formula is C12H16ClNO2. The van der Waals surface area contributed by atoms with E-state index >= 15 is 0 Å². The molecule has 2 rings (SSSR count). The molecule has 1 aliphatic rings. The molecule has 0 bridgehead atoms. The second-order valence-corrected chi connectivity index (χ2v) is 4.60. The summed E-state index contributed by atoms with van der Waals surface area (Å²) in [5.41, 5.74) is 2.50. The number of benzene rings is 1. The average molecular weight is 242 g/mol. The largest absolute Gasteiger partial charge is 0.395 e. The van der Waals surface area contributed by atoms with Gasteiger partial charge in [-0.1, -0.05) is 17.7 Å². The van der Waals surface area contributed by atoms with E-state index in [0.717, 1.165) is 17.9 Å². The maximum atomic E-state index is 9.03. The molecule has 16 heavy (non-hydrogen) atoms. The van der Waals surface area contributed by atoms with Gasteiger partial charge in [-0.3, -0.25) is 0 Å². The number of nitrogens with one attached hydrogen (secondary N) is 1. The van der Waals surface area contributed by atoms with Crippen LogP contribution >= 0.6 is 11.6 Å². The van der Waals surface area contributed by atoms with Gasteiger partial charge in [0.15, 0.2) is 0 Å². The van der Waals surface area contributed by atoms with Gasteiger partial charge in [0.25, 0.3) is 0 Å². The van der Waals surface area contributed by atoms with Gasteiger partial charge in [0, 0.05) is 11.1 Å². The van der Waals surface area contributed by atoms with Crippen LogP contribution in [0.4, 0.5) is 0 Å². The summed E-state index contributed by atoms with van der Waals surface area (Å²) in [7, 11) is 0. The predicted octanol–water partition coefficient (Wildman–Crippen LogP) is 1.27. The number of aliphatic hydroxyl groups excluding tert-OH is 2. The highest BCUT2D eigenvalue weighted by molar-refractivity contribution is 6.30. The molecule has 0 heterocycles. The zero-order chi connectivity index (χ0) is 11.5. The zero-order valence-electron chi connectivity index (χ0n) is 8.99. The Morgan fingerprint density at radius 2 is 2.12 bits per heavy atom. The van der Waals surface area contributed by atoms with Crippen LogP contribution in [0.5, 0.6) is 0 Å². The summed E-state index contributed by atoms with van der Waals surface area (Å²) >= 11 is 5.93. The number of aliphatic hydroxyl groups is 2. The summed E-state index contributed by atoms with van der Waals surface area (Å²) in [5, 5.41) is 22.1. The van der Waals surface area contributed by atoms with E-state index in [1.165, 1.54) is 11.1 Å². The Bertz CT molecular complexity index is 366. The van der Waals surface area contributed by atoms with Gasteiger partial charge in [-0.15, -0.1) is 0 Å². The molecule has 3 N–H and O–H groups in total. The smallest absolute Gasteiger partial charge is 0.0607 e. The fourth-order valence-corrected chi connectivity index (χ4v) is 2.40. The van der Waals surface area contributed by atoms with Gasteiger partial charge in [0.2, 0.25) is 0 Å². The van der Waals surface area contributed by atoms with Crippen molar-refractivity contribution in [2.45, 2.75) is 24.9 Å². The summed E-state index contributed by atoms with van der Waals surface area (Å²) < 4.78 is 0. The Balaban J connectivity index is 2.11. The molecule has 0 fully saturated rings. The molecule has 3 nitrogen and oxygen atoms in total. The number of aryl methyl sites for hydroxylation is 1. The van der Waals surface area contributed by atoms with Gasteiger partial charge in [0.05, 0.1) is 19.3 Å². The lowest BCUT2D eigenvalue weighted by Gasteiger charge is -2.20. The Kier molecular flexibility index (Phi) is 3.82. The number of rotatable bonds is 4. The van der Waals surface area contributed by atoms with E-state index in [0.29, 0.717) is 0 Å². The van der Waals surface area contributed by atoms with Gasteiger partial charge in [-0.25, -0.2) is 0 Å². The third kappa shape index (κ3) is 2.38. The minimum absolute atomic E-state index is 0.0457. The zero-order valence-corrected chi connectivity index (χ0v) is 9.74. The van der Waals surface area contributed by atoms with Crippen molar-refractivity contribution >= 4 is 11.6 Å². The van der Waals surface area contributed by atoms with E-state index in [-0.39, 0.29) is 25.3 Å². The second kappa shape index (κ2) is 5.15. The van der Waals surface area contributed by atoms with Crippen LogP contribution in [0.15, 0.2) is 18.2 Å². The lowest BCUT2D eigenvalue weighted by Crippen LogP contribution is -2.37. The Labute approximate surface area is 100 Å². The lowest BCUT2D eigenvalue weighted by atomic mass is 10.1. The van der Waals surface area contributed by atoms with Gasteiger partial charge in [-0.2, -0.15) is 0 Å². The van der Waals surface area contributed by atoms with Crippen LogP contribution < -0.4 is 5.32 Å². The Hall–Kier alpha value is -0.610. The Morgan fingerprint density at radius 1 is 1.38 bits per heavy atom. The SMILES string of the molecule is OCC(CO)NC1CCc2cc(Cl)ccc21. The van der Waals surface area contributed by atoms with Gasteiger partial charge in [0.1, 0.15) is 0 Å². The number of hydrogen-bond donors (Lipinski definition) is 3. The van der Waals surface area contributed by atoms with Crippen molar-refractivity contribution in [2.75, 3.05) is 13.2 Å². The minimum Gasteiger partial charge on any atom is -0.395 e. The van der Waals surface area contributed by atoms with E-state index < -0.39 is 0 Å². The van der Waals surface area contributed by atoms with Crippen molar-refractivity contribution in [1.82, 2.24) is 5.32 Å². The van der Waals surface area contributed by atoms with Crippen molar-refractivity contribution in [1.29, 1.82) is 0 Å². The van der Waals surface area contributed by atoms with Crippen molar-refractivity contribution in [3.05, 3.63) is 34.3 Å². The topological polar surface area (TPSA) is 52.5 Å². The van der Waals surface area contributed by atoms with Crippen LogP contribution in [0.3, 0.4) is 0 Å². The molecule has 0 spiro atoms. The number of halogens is 1. The highest BCUT2D eigenvalue weighted by atomic mass is 35.5. The molecule has 0 amide bonds. The minimum atomic E-state index is -0.244. The molecule has 0 saturated heterocycles. The molecular weight excluding hydrogens is 226 g/mol. The van der Waals surface area contributed by atoms with E-state index in [2.05, 4.69) is 5.32 Å². The summed E-state index contributed by atoms with van der Waals surface area (Å²) in [6.45, 7) is -0.0914. The van der Waals surface area contributed by atoms with E-state index in [9.17, 15) is 0 Å². The van der Waals surface area contributed by atoms with Crippen molar-refractivity contribution < 1.29 is 10.2 Å². The molecule has 1 aromatic rings. The third-order valence-electron chi connectivity index (χ3n) is 3.06. The summed E-state index contributed by atoms with van der Waals surface area (Å²) in [5.74, 6) is 0. The van der Waals surface area contributed by atoms with Crippen molar-refractivity contribution in [3.8, 4) is 0 Å². The van der Waals surface area contributed by atoms with Crippen LogP contribution in [-0.2, 0) is 6.42 Å². The highest BCUT2D eigenvalue weighted by Gasteiger charge is 2.24. The lowest BCUT2D eigenvalue weighted by molar-refractivity contribution is 0.162. The molecule has 1 aliphatic carbocycles. The first-order valence-corrected chi connectivity index (χ1v) is 5.88. The monoisotopic (exact) mass is 241 g/mol. The molecule has 0 aromatic heterocycles. The van der Waals surface area contributed by atoms with Crippen LogP contribution in [0.1, 0.15) is 23.6 Å². The van der Waals surface area contributed by atoms with E-state index in [1.54, 1.807) is 0 Å². The molecule has 1 aromatic carbocycles. The standard InChI is InChI=1S/C12H16ClNO2/c13-9-2-3-11-8(5-9)1-4-12(11)14-10(6-15)7-16/h2-3,5,10,12,14-16H,1,4,6-7H2. The second-order valence-electron chi connectivity index (χ2n) is 4.16. The molecule has 0 radical (unpaired) electrons. The summed E-state index contributed by atoms with van der Waals surface area (Å²) in [6.07, 6.45) is 1.99. The van der Waals surface area contributed by atoms with Gasteiger partial charge >= 0.3 is 0 Å². The predicted molar refractivity (Wildman–Crippen MR) is 63.6 cm³/mol. The first kappa shape index (κ1) is 11.9. The van der Waals surface area contributed by atoms with Crippen molar-refractivity contribution in [3.63, 3.8) is 0 Å². The van der Waals surface area contributed by atoms with Crippen molar-refractivity contribution in [2.24, 2.45) is 0 Å². The van der Waals surface area contributed by atoms with Crippen LogP contribution in [0, 0.1) is 0 Å². The summed E-state index contributed by atoms with van der Waals surface area (Å²) in [4.78, 5) is 0. The van der Waals surface area contributed by atoms with Crippen LogP contribution in [-0.4, -0.2) is 29.5 Å². The molecule has 0 saturated carbocycles. The molecule has 4 heteroatoms. The highest BCUT2D eigenvalue weighted by Crippen LogP contribution is 2.32. The van der Waals surface area contributed by atoms with Crippen LogP contribution in [0.25, 0.3) is 0 Å². The first-order valence-electron chi connectivity index (χ1n) is 5.50. The van der Waals surface area contributed by atoms with Gasteiger partial charge in [-0.05, 0) is 36.1 Å². The molecule has 1 unspecified atom stereocenters. The average Bonchev–Trinajstić information content (AvgIpc) is 2.68. The third-order valence-corrected chi connectivity index (χ3v) is 3.30. The first-order chi connectivity index (χ1) is 7.74. The Morgan fingerprint density at radius 3 is 2.81 bits per heavy atom. The van der Waals surface area contributed by atoms with Gasteiger partial charge < -0.3 is 15.5 Å². The summed E-state index contributed by atoms with van der Waals surface area (Å²) in [6, 6.07) is 5.87. The normalized spacial score (nSPS) is 19.1. The maximum Gasteiger partial charge on any atom is 0.0607 e.